The molecule has 2 rings (SSSR count). The quantitative estimate of drug-likeness (QED) is 0.544. The molecule has 26 heavy (non-hydrogen) atoms. The van der Waals surface area contributed by atoms with Gasteiger partial charge in [-0.25, -0.2) is 0 Å². The van der Waals surface area contributed by atoms with Gasteiger partial charge in [0.05, 0.1) is 6.61 Å². The molecule has 0 aliphatic heterocycles. The van der Waals surface area contributed by atoms with E-state index in [0.29, 0.717) is 11.4 Å². The molecule has 2 N–H and O–H groups in total. The van der Waals surface area contributed by atoms with Gasteiger partial charge in [-0.3, -0.25) is 9.59 Å². The Bertz CT molecular complexity index is 750. The fraction of sp³-hybridized carbons (Fsp3) is 0.238. The predicted molar refractivity (Wildman–Crippen MR) is 105 cm³/mol. The summed E-state index contributed by atoms with van der Waals surface area (Å²) in [7, 11) is 0. The Morgan fingerprint density at radius 2 is 1.58 bits per heavy atom. The average molecular weight is 352 g/mol. The van der Waals surface area contributed by atoms with E-state index in [1.54, 1.807) is 30.3 Å². The van der Waals surface area contributed by atoms with E-state index >= 15 is 0 Å². The fourth-order valence-electron chi connectivity index (χ4n) is 2.21. The van der Waals surface area contributed by atoms with Gasteiger partial charge in [-0.05, 0) is 54.5 Å². The summed E-state index contributed by atoms with van der Waals surface area (Å²) in [5, 5.41) is 5.45. The van der Waals surface area contributed by atoms with E-state index in [1.165, 1.54) is 13.0 Å². The molecule has 0 atom stereocenters. The summed E-state index contributed by atoms with van der Waals surface area (Å²) in [6.07, 6.45) is 5.37. The highest BCUT2D eigenvalue weighted by atomic mass is 16.5. The van der Waals surface area contributed by atoms with E-state index in [1.807, 2.05) is 24.3 Å². The van der Waals surface area contributed by atoms with Crippen molar-refractivity contribution >= 4 is 29.3 Å². The number of carbonyl (C=O) groups excluding carboxylic acids is 2. The summed E-state index contributed by atoms with van der Waals surface area (Å²) in [6.45, 7) is 4.29. The number of hydrogen-bond donors (Lipinski definition) is 2. The first-order valence-corrected chi connectivity index (χ1v) is 8.66. The van der Waals surface area contributed by atoms with Crippen molar-refractivity contribution in [2.45, 2.75) is 26.7 Å². The Balaban J connectivity index is 1.85. The van der Waals surface area contributed by atoms with Crippen molar-refractivity contribution in [2.75, 3.05) is 17.2 Å². The molecule has 2 aromatic rings. The molecule has 0 aromatic heterocycles. The molecule has 0 spiro atoms. The Labute approximate surface area is 154 Å². The number of unbranched alkanes of at least 4 members (excludes halogenated alkanes) is 1. The first kappa shape index (κ1) is 19.2. The van der Waals surface area contributed by atoms with Gasteiger partial charge < -0.3 is 15.4 Å². The predicted octanol–water partition coefficient (Wildman–Crippen LogP) is 4.48. The highest BCUT2D eigenvalue weighted by Gasteiger charge is 2.00. The first-order chi connectivity index (χ1) is 12.6. The van der Waals surface area contributed by atoms with Crippen LogP contribution in [0.4, 0.5) is 11.4 Å². The van der Waals surface area contributed by atoms with E-state index in [-0.39, 0.29) is 11.8 Å². The minimum atomic E-state index is -0.222. The maximum Gasteiger partial charge on any atom is 0.248 e. The van der Waals surface area contributed by atoms with Crippen molar-refractivity contribution in [2.24, 2.45) is 0 Å². The summed E-state index contributed by atoms with van der Waals surface area (Å²) >= 11 is 0. The minimum Gasteiger partial charge on any atom is -0.494 e. The van der Waals surface area contributed by atoms with Gasteiger partial charge in [0.15, 0.2) is 0 Å². The van der Waals surface area contributed by atoms with Crippen LogP contribution in [0.5, 0.6) is 5.75 Å². The summed E-state index contributed by atoms with van der Waals surface area (Å²) in [5.41, 5.74) is 2.27. The average Bonchev–Trinajstić information content (AvgIpc) is 2.62. The smallest absolute Gasteiger partial charge is 0.248 e. The highest BCUT2D eigenvalue weighted by Crippen LogP contribution is 2.15. The van der Waals surface area contributed by atoms with Gasteiger partial charge in [0, 0.05) is 24.4 Å². The zero-order chi connectivity index (χ0) is 18.8. The Morgan fingerprint density at radius 3 is 2.15 bits per heavy atom. The maximum atomic E-state index is 12.0. The van der Waals surface area contributed by atoms with Crippen molar-refractivity contribution in [1.82, 2.24) is 0 Å². The number of hydrogen-bond acceptors (Lipinski definition) is 3. The zero-order valence-corrected chi connectivity index (χ0v) is 15.1. The van der Waals surface area contributed by atoms with Gasteiger partial charge >= 0.3 is 0 Å². The molecule has 0 unspecified atom stereocenters. The zero-order valence-electron chi connectivity index (χ0n) is 15.1. The van der Waals surface area contributed by atoms with Crippen LogP contribution in [-0.4, -0.2) is 18.4 Å². The second kappa shape index (κ2) is 10.0. The van der Waals surface area contributed by atoms with E-state index in [4.69, 9.17) is 4.74 Å². The standard InChI is InChI=1S/C21H24N2O3/c1-3-4-15-26-20-12-5-17(6-13-20)7-14-21(25)23-19-10-8-18(9-11-19)22-16(2)24/h5-14H,3-4,15H2,1-2H3,(H,22,24)(H,23,25)/b14-7+. The topological polar surface area (TPSA) is 67.4 Å². The fourth-order valence-corrected chi connectivity index (χ4v) is 2.21. The lowest BCUT2D eigenvalue weighted by Gasteiger charge is -2.06. The van der Waals surface area contributed by atoms with Crippen LogP contribution in [0.1, 0.15) is 32.3 Å². The van der Waals surface area contributed by atoms with Gasteiger partial charge in [0.1, 0.15) is 5.75 Å². The molecule has 5 heteroatoms. The normalized spacial score (nSPS) is 10.5. The Morgan fingerprint density at radius 1 is 0.962 bits per heavy atom. The third kappa shape index (κ3) is 6.81. The van der Waals surface area contributed by atoms with Crippen LogP contribution in [-0.2, 0) is 9.59 Å². The Hall–Kier alpha value is -3.08. The molecule has 0 fully saturated rings. The second-order valence-electron chi connectivity index (χ2n) is 5.85. The molecule has 0 heterocycles. The van der Waals surface area contributed by atoms with Crippen molar-refractivity contribution in [3.8, 4) is 5.75 Å². The number of anilines is 2. The van der Waals surface area contributed by atoms with Crippen LogP contribution in [0.15, 0.2) is 54.6 Å². The molecule has 0 radical (unpaired) electrons. The second-order valence-corrected chi connectivity index (χ2v) is 5.85. The maximum absolute atomic E-state index is 12.0. The van der Waals surface area contributed by atoms with E-state index < -0.39 is 0 Å². The number of nitrogens with one attached hydrogen (secondary N) is 2. The molecular formula is C21H24N2O3. The van der Waals surface area contributed by atoms with Gasteiger partial charge in [-0.1, -0.05) is 25.5 Å². The number of amides is 2. The first-order valence-electron chi connectivity index (χ1n) is 8.66. The molecule has 2 amide bonds. The number of ether oxygens (including phenoxy) is 1. The van der Waals surface area contributed by atoms with E-state index in [0.717, 1.165) is 30.8 Å². The van der Waals surface area contributed by atoms with Crippen LogP contribution < -0.4 is 15.4 Å². The number of rotatable bonds is 8. The van der Waals surface area contributed by atoms with Crippen molar-refractivity contribution < 1.29 is 14.3 Å². The molecule has 5 nitrogen and oxygen atoms in total. The number of carbonyl (C=O) groups is 2. The Kier molecular flexibility index (Phi) is 7.43. The SMILES string of the molecule is CCCCOc1ccc(/C=C/C(=O)Nc2ccc(NC(C)=O)cc2)cc1. The minimum absolute atomic E-state index is 0.133. The van der Waals surface area contributed by atoms with Crippen LogP contribution in [0.3, 0.4) is 0 Å². The molecule has 0 saturated heterocycles. The lowest BCUT2D eigenvalue weighted by molar-refractivity contribution is -0.114. The van der Waals surface area contributed by atoms with Crippen molar-refractivity contribution in [1.29, 1.82) is 0 Å². The molecule has 0 bridgehead atoms. The molecule has 2 aromatic carbocycles. The van der Waals surface area contributed by atoms with Crippen LogP contribution in [0.2, 0.25) is 0 Å². The van der Waals surface area contributed by atoms with Gasteiger partial charge in [-0.2, -0.15) is 0 Å². The molecule has 0 aliphatic rings. The van der Waals surface area contributed by atoms with Crippen LogP contribution >= 0.6 is 0 Å². The molecular weight excluding hydrogens is 328 g/mol. The third-order valence-electron chi connectivity index (χ3n) is 3.55. The van der Waals surface area contributed by atoms with Crippen LogP contribution in [0.25, 0.3) is 6.08 Å². The summed E-state index contributed by atoms with van der Waals surface area (Å²) in [6, 6.07) is 14.6. The van der Waals surface area contributed by atoms with Gasteiger partial charge in [0.25, 0.3) is 0 Å². The van der Waals surface area contributed by atoms with Crippen LogP contribution in [0, 0.1) is 0 Å². The monoisotopic (exact) mass is 352 g/mol. The number of benzene rings is 2. The van der Waals surface area contributed by atoms with E-state index in [2.05, 4.69) is 17.6 Å². The largest absolute Gasteiger partial charge is 0.494 e. The lowest BCUT2D eigenvalue weighted by atomic mass is 10.2. The summed E-state index contributed by atoms with van der Waals surface area (Å²) < 4.78 is 5.61. The van der Waals surface area contributed by atoms with Gasteiger partial charge in [-0.15, -0.1) is 0 Å². The van der Waals surface area contributed by atoms with Crippen molar-refractivity contribution in [3.63, 3.8) is 0 Å². The summed E-state index contributed by atoms with van der Waals surface area (Å²) in [4.78, 5) is 23.0. The van der Waals surface area contributed by atoms with Crippen molar-refractivity contribution in [3.05, 3.63) is 60.2 Å². The summed E-state index contributed by atoms with van der Waals surface area (Å²) in [5.74, 6) is 0.478. The highest BCUT2D eigenvalue weighted by molar-refractivity contribution is 6.02. The van der Waals surface area contributed by atoms with Gasteiger partial charge in [0.2, 0.25) is 11.8 Å². The molecule has 0 aliphatic carbocycles. The molecule has 136 valence electrons. The van der Waals surface area contributed by atoms with E-state index in [9.17, 15) is 9.59 Å². The lowest BCUT2D eigenvalue weighted by Crippen LogP contribution is -2.08. The molecule has 0 saturated carbocycles. The third-order valence-corrected chi connectivity index (χ3v) is 3.55.